The minimum atomic E-state index is -4.27. The molecular formula is C87H102BClF3IN4O18. The number of fused-ring (bicyclic) bond motifs is 1. The van der Waals surface area contributed by atoms with Crippen molar-refractivity contribution >= 4 is 81.0 Å². The van der Waals surface area contributed by atoms with Crippen LogP contribution in [-0.4, -0.2) is 121 Å². The minimum Gasteiger partial charge on any atom is -0.469 e. The number of amides is 2. The number of nitrogens with one attached hydrogen (secondary N) is 1. The zero-order valence-electron chi connectivity index (χ0n) is 65.1. The Morgan fingerprint density at radius 2 is 0.983 bits per heavy atom. The number of cyclic esters (lactones) is 1. The van der Waals surface area contributed by atoms with Crippen LogP contribution in [0.2, 0.25) is 11.8 Å². The number of alkyl halides is 3. The van der Waals surface area contributed by atoms with Crippen molar-refractivity contribution in [1.82, 2.24) is 10.1 Å². The number of esters is 2. The number of nitrogens with zero attached hydrogens (tertiary/aromatic N) is 1. The van der Waals surface area contributed by atoms with E-state index in [-0.39, 0.29) is 74.2 Å². The molecule has 115 heavy (non-hydrogen) atoms. The molecule has 0 spiro atoms. The predicted molar refractivity (Wildman–Crippen MR) is 443 cm³/mol. The number of rotatable bonds is 21. The number of hydrogen-bond donors (Lipinski definition) is 7. The van der Waals surface area contributed by atoms with Crippen molar-refractivity contribution in [2.75, 3.05) is 41.0 Å². The Kier molecular flexibility index (Phi) is 46.1. The summed E-state index contributed by atoms with van der Waals surface area (Å²) in [6.07, 6.45) is -0.710. The molecule has 0 radical (unpaired) electrons. The third kappa shape index (κ3) is 36.9. The number of primary amides is 1. The normalized spacial score (nSPS) is 14.8. The number of methoxy groups -OCH3 is 2. The van der Waals surface area contributed by atoms with Crippen LogP contribution in [0.4, 0.5) is 18.0 Å². The number of nitrogens with two attached hydrogens (primary N) is 2. The molecule has 12 rings (SSSR count). The van der Waals surface area contributed by atoms with Gasteiger partial charge in [-0.05, 0) is 110 Å². The number of aliphatic hydroxyl groups is 3. The number of hydrogen-bond acceptors (Lipinski definition) is 20. The van der Waals surface area contributed by atoms with Gasteiger partial charge in [0.2, 0.25) is 5.91 Å². The Hall–Kier alpha value is -10.2. The molecule has 28 heteroatoms. The van der Waals surface area contributed by atoms with E-state index in [0.717, 1.165) is 50.9 Å². The number of aliphatic hydroxyl groups excluding tert-OH is 3. The second-order valence-corrected chi connectivity index (χ2v) is 29.1. The van der Waals surface area contributed by atoms with Crippen molar-refractivity contribution in [3.63, 3.8) is 0 Å². The summed E-state index contributed by atoms with van der Waals surface area (Å²) < 4.78 is 67.1. The number of alkyl carbamates (subject to hydrolysis) is 1. The molecule has 3 heterocycles. The summed E-state index contributed by atoms with van der Waals surface area (Å²) >= 11 is 2.80. The Balaban J connectivity index is 0.000000278. The van der Waals surface area contributed by atoms with E-state index < -0.39 is 62.6 Å². The first-order valence-corrected chi connectivity index (χ1v) is 40.0. The molecule has 2 amide bonds. The van der Waals surface area contributed by atoms with Gasteiger partial charge in [0, 0.05) is 48.9 Å². The van der Waals surface area contributed by atoms with Crippen LogP contribution in [0.1, 0.15) is 152 Å². The van der Waals surface area contributed by atoms with Crippen LogP contribution in [0, 0.1) is 3.57 Å². The Labute approximate surface area is 683 Å². The Morgan fingerprint density at radius 3 is 1.39 bits per heavy atom. The zero-order valence-corrected chi connectivity index (χ0v) is 68.0. The molecule has 616 valence electrons. The zero-order chi connectivity index (χ0) is 84.4. The fraction of sp³-hybridized carbons (Fsp3) is 0.299. The molecule has 3 saturated heterocycles. The molecule has 0 aromatic heterocycles. The SMILES string of the molecule is CB1OC(c2ccccc2)(c2ccccc2)C2CCCN12.CC(=O)OI(OC(C)=O)c1ccccc1.COC(=O)CCC(=O)c1ccccc1.COC(=O)CC[C@@H](O)c1ccccc1.COO.FC(F)(F)c1ccc(Cl)cc1.NC(=O)CC[C@@H](O)c1ccccc1.NCC[C@@H](O)c1ccccc1.O=C1NCC[C@H](c2ccccc2)O1. The van der Waals surface area contributed by atoms with Gasteiger partial charge in [-0.1, -0.05) is 224 Å². The fourth-order valence-corrected chi connectivity index (χ4v) is 14.3. The summed E-state index contributed by atoms with van der Waals surface area (Å²) in [5, 5.41) is 38.7. The van der Waals surface area contributed by atoms with E-state index in [2.05, 4.69) is 92.0 Å². The summed E-state index contributed by atoms with van der Waals surface area (Å²) in [6, 6.07) is 82.0. The van der Waals surface area contributed by atoms with Crippen molar-refractivity contribution in [2.24, 2.45) is 11.5 Å². The minimum absolute atomic E-state index is 0.0315. The van der Waals surface area contributed by atoms with Crippen LogP contribution in [0.25, 0.3) is 0 Å². The first kappa shape index (κ1) is 97.2. The van der Waals surface area contributed by atoms with Crippen LogP contribution >= 0.6 is 32.3 Å². The molecule has 0 aliphatic carbocycles. The number of carbonyl (C=O) groups excluding carboxylic acids is 7. The molecule has 3 fully saturated rings. The van der Waals surface area contributed by atoms with E-state index in [4.69, 9.17) is 43.8 Å². The maximum absolute atomic E-state index is 11.9. The van der Waals surface area contributed by atoms with E-state index in [9.17, 15) is 62.1 Å². The van der Waals surface area contributed by atoms with Gasteiger partial charge in [-0.3, -0.25) is 24.4 Å². The smallest absolute Gasteiger partial charge is 0.416 e. The van der Waals surface area contributed by atoms with Crippen molar-refractivity contribution < 1.29 is 97.2 Å². The number of ether oxygens (including phenoxy) is 3. The van der Waals surface area contributed by atoms with Crippen molar-refractivity contribution in [3.8, 4) is 0 Å². The summed E-state index contributed by atoms with van der Waals surface area (Å²) in [7, 11) is 4.02. The van der Waals surface area contributed by atoms with Gasteiger partial charge in [-0.25, -0.2) is 9.68 Å². The monoisotopic (exact) mass is 1720 g/mol. The van der Waals surface area contributed by atoms with E-state index in [1.165, 1.54) is 71.3 Å². The standard InChI is InChI=1S/C18H20BNO.C11H14O3.C11H12O3.C10H11IO4.C10H11NO2.C10H13NO2.C9H13NO.C7H4ClF3.CH4O2/c1-19-20-14-8-13-17(20)18(21-19,15-9-4-2-5-10-15)16-11-6-3-7-12-16;2*1-14-11(13)8-7-10(12)9-5-3-2-4-6-9;1-8(12)14-11(15-9(2)13)10-6-4-3-5-7-10;12-10-11-7-6-9(13-10)8-4-2-1-3-5-8;11-10(13)7-6-9(12)8-4-2-1-3-5-8;10-7-6-9(11)8-4-2-1-3-5-8;8-6-3-1-5(2-4-6)7(9,10)11;1-3-2/h2-7,9-12,17H,8,13-14H2,1H3;2-6,10,12H,7-8H2,1H3;2-6H,7-8H2,1H3;3-7H,1-2H3;1-5,9H,6-7H2,(H,11,12);1-5,9,12H,6-7H2,(H2,11,13);1-5,9,11H,6-7,10H2;1-4H;2H,1H3/t;10-;;;3*9-;;/m.1..111../s1. The molecule has 0 saturated carbocycles. The van der Waals surface area contributed by atoms with Crippen molar-refractivity contribution in [3.05, 3.63) is 320 Å². The van der Waals surface area contributed by atoms with E-state index >= 15 is 0 Å². The van der Waals surface area contributed by atoms with E-state index in [1.807, 2.05) is 146 Å². The Bertz CT molecular complexity index is 4160. The second kappa shape index (κ2) is 54.6. The summed E-state index contributed by atoms with van der Waals surface area (Å²) in [4.78, 5) is 81.9. The number of Topliss-reactive ketones (excluding diaryl/α,β-unsaturated/α-hetero) is 1. The van der Waals surface area contributed by atoms with Gasteiger partial charge in [-0.2, -0.15) is 13.2 Å². The van der Waals surface area contributed by atoms with Crippen LogP contribution in [0.3, 0.4) is 0 Å². The third-order valence-corrected chi connectivity index (χ3v) is 20.9. The predicted octanol–water partition coefficient (Wildman–Crippen LogP) is 16.7. The molecule has 0 bridgehead atoms. The average Bonchev–Trinajstić information content (AvgIpc) is 1.57. The van der Waals surface area contributed by atoms with Gasteiger partial charge in [0.15, 0.2) is 5.78 Å². The van der Waals surface area contributed by atoms with Gasteiger partial charge in [0.05, 0.1) is 51.6 Å². The van der Waals surface area contributed by atoms with E-state index in [1.54, 1.807) is 36.4 Å². The van der Waals surface area contributed by atoms with Crippen molar-refractivity contribution in [1.29, 1.82) is 0 Å². The number of carbonyl (C=O) groups is 7. The quantitative estimate of drug-likeness (QED) is 0.00668. The summed E-state index contributed by atoms with van der Waals surface area (Å²) in [5.41, 5.74) is 16.1. The second-order valence-electron chi connectivity index (χ2n) is 25.3. The Morgan fingerprint density at radius 1 is 0.583 bits per heavy atom. The largest absolute Gasteiger partial charge is 0.469 e. The molecule has 3 aliphatic rings. The first-order valence-electron chi connectivity index (χ1n) is 36.8. The summed E-state index contributed by atoms with van der Waals surface area (Å²) in [5.74, 6) is -1.91. The van der Waals surface area contributed by atoms with Crippen LogP contribution < -0.4 is 16.8 Å². The topological polar surface area (TPSA) is 332 Å². The first-order chi connectivity index (χ1) is 55.2. The third-order valence-electron chi connectivity index (χ3n) is 16.9. The van der Waals surface area contributed by atoms with Crippen molar-refractivity contribution in [2.45, 2.75) is 127 Å². The molecule has 1 unspecified atom stereocenters. The van der Waals surface area contributed by atoms with Crippen LogP contribution in [-0.2, 0) is 65.6 Å². The maximum Gasteiger partial charge on any atom is 0.416 e. The molecule has 5 atom stereocenters. The maximum atomic E-state index is 11.9. The summed E-state index contributed by atoms with van der Waals surface area (Å²) in [6.45, 7) is 7.15. The van der Waals surface area contributed by atoms with Crippen LogP contribution in [0.15, 0.2) is 267 Å². The molecular weight excluding hydrogens is 1620 g/mol. The number of ketones is 1. The number of halogens is 5. The molecule has 9 aromatic carbocycles. The number of benzene rings is 9. The van der Waals surface area contributed by atoms with E-state index in [0.29, 0.717) is 49.0 Å². The van der Waals surface area contributed by atoms with Gasteiger partial charge < -0.3 is 55.8 Å². The van der Waals surface area contributed by atoms with Gasteiger partial charge >= 0.3 is 127 Å². The van der Waals surface area contributed by atoms with Gasteiger partial charge in [-0.15, -0.1) is 0 Å². The van der Waals surface area contributed by atoms with Crippen LogP contribution in [0.5, 0.6) is 0 Å². The molecule has 3 aliphatic heterocycles. The van der Waals surface area contributed by atoms with Gasteiger partial charge in [0.25, 0.3) is 0 Å². The molecule has 9 N–H and O–H groups in total. The fourth-order valence-electron chi connectivity index (χ4n) is 11.4. The molecule has 22 nitrogen and oxygen atoms in total. The molecule has 9 aromatic rings. The average molecular weight is 1720 g/mol. The van der Waals surface area contributed by atoms with Gasteiger partial charge in [0.1, 0.15) is 11.7 Å².